The van der Waals surface area contributed by atoms with Crippen LogP contribution >= 0.6 is 0 Å². The Morgan fingerprint density at radius 1 is 0.950 bits per heavy atom. The van der Waals surface area contributed by atoms with Crippen molar-refractivity contribution in [3.05, 3.63) is 12.2 Å². The zero-order chi connectivity index (χ0) is 16.4. The summed E-state index contributed by atoms with van der Waals surface area (Å²) in [6.07, 6.45) is -17.9. The molecule has 0 aliphatic carbocycles. The van der Waals surface area contributed by atoms with E-state index in [0.717, 1.165) is 0 Å². The molecule has 0 radical (unpaired) electrons. The maximum absolute atomic E-state index is 12.5. The minimum Gasteiger partial charge on any atom is -0.463 e. The van der Waals surface area contributed by atoms with Gasteiger partial charge in [-0.2, -0.15) is 18.1 Å². The van der Waals surface area contributed by atoms with Crippen molar-refractivity contribution in [2.75, 3.05) is 6.61 Å². The van der Waals surface area contributed by atoms with E-state index >= 15 is 0 Å². The van der Waals surface area contributed by atoms with E-state index in [2.05, 4.69) is 4.74 Å². The molecular formula is C7H4F11NO. The van der Waals surface area contributed by atoms with Gasteiger partial charge in [-0.15, -0.1) is 26.3 Å². The third-order valence-electron chi connectivity index (χ3n) is 1.50. The molecule has 0 spiro atoms. The van der Waals surface area contributed by atoms with Crippen LogP contribution in [0.2, 0.25) is 0 Å². The number of ether oxygens (including phenoxy) is 1. The summed E-state index contributed by atoms with van der Waals surface area (Å²) in [5, 5.41) is 0. The van der Waals surface area contributed by atoms with E-state index in [1.54, 1.807) is 0 Å². The molecular weight excluding hydrogens is 323 g/mol. The quantitative estimate of drug-likeness (QED) is 0.430. The molecule has 0 aliphatic rings. The molecule has 13 heteroatoms. The molecule has 0 aromatic rings. The highest BCUT2D eigenvalue weighted by atomic mass is 19.4. The number of rotatable bonds is 5. The first-order chi connectivity index (χ1) is 8.68. The lowest BCUT2D eigenvalue weighted by Gasteiger charge is -2.25. The van der Waals surface area contributed by atoms with Gasteiger partial charge in [0.25, 0.3) is 6.01 Å². The average Bonchev–Trinajstić information content (AvgIpc) is 2.19. The lowest BCUT2D eigenvalue weighted by molar-refractivity contribution is -0.355. The van der Waals surface area contributed by atoms with Crippen LogP contribution in [0.4, 0.5) is 48.3 Å². The molecule has 120 valence electrons. The molecule has 0 aromatic carbocycles. The average molecular weight is 327 g/mol. The number of nitrogens with zero attached hydrogens (tertiary/aromatic N) is 1. The second-order valence-corrected chi connectivity index (χ2v) is 3.09. The SMILES string of the molecule is F/C(=C\N(C(F)(F)F)C(F)(F)F)OCC(F)(F)C(F)F. The second kappa shape index (κ2) is 5.91. The molecule has 0 heterocycles. The molecule has 0 atom stereocenters. The van der Waals surface area contributed by atoms with Crippen molar-refractivity contribution in [2.24, 2.45) is 0 Å². The normalized spacial score (nSPS) is 14.7. The molecule has 0 saturated heterocycles. The molecule has 0 bridgehead atoms. The van der Waals surface area contributed by atoms with E-state index in [-0.39, 0.29) is 0 Å². The first-order valence-corrected chi connectivity index (χ1v) is 4.27. The minimum absolute atomic E-state index is 1.33. The van der Waals surface area contributed by atoms with Gasteiger partial charge in [0.15, 0.2) is 6.61 Å². The number of halogens is 11. The summed E-state index contributed by atoms with van der Waals surface area (Å²) < 4.78 is 134. The molecule has 0 amide bonds. The van der Waals surface area contributed by atoms with E-state index in [1.165, 1.54) is 0 Å². The fraction of sp³-hybridized carbons (Fsp3) is 0.714. The van der Waals surface area contributed by atoms with Gasteiger partial charge in [0.1, 0.15) is 0 Å². The van der Waals surface area contributed by atoms with Crippen molar-refractivity contribution in [2.45, 2.75) is 24.9 Å². The van der Waals surface area contributed by atoms with Gasteiger partial charge in [-0.3, -0.25) is 0 Å². The maximum Gasteiger partial charge on any atom is 0.491 e. The van der Waals surface area contributed by atoms with Crippen LogP contribution in [0, 0.1) is 0 Å². The lowest BCUT2D eigenvalue weighted by Crippen LogP contribution is -2.44. The third kappa shape index (κ3) is 5.69. The van der Waals surface area contributed by atoms with Gasteiger partial charge in [0.05, 0.1) is 6.20 Å². The summed E-state index contributed by atoms with van der Waals surface area (Å²) in [7, 11) is 0. The van der Waals surface area contributed by atoms with E-state index in [1.807, 2.05) is 0 Å². The van der Waals surface area contributed by atoms with Crippen LogP contribution in [0.25, 0.3) is 0 Å². The highest BCUT2D eigenvalue weighted by Crippen LogP contribution is 2.34. The van der Waals surface area contributed by atoms with Crippen molar-refractivity contribution < 1.29 is 53.0 Å². The predicted molar refractivity (Wildman–Crippen MR) is 40.0 cm³/mol. The molecule has 0 unspecified atom stereocenters. The molecule has 20 heavy (non-hydrogen) atoms. The van der Waals surface area contributed by atoms with Crippen LogP contribution in [0.15, 0.2) is 12.2 Å². The van der Waals surface area contributed by atoms with Crippen molar-refractivity contribution in [1.29, 1.82) is 0 Å². The van der Waals surface area contributed by atoms with E-state index in [0.29, 0.717) is 0 Å². The fourth-order valence-electron chi connectivity index (χ4n) is 0.657. The van der Waals surface area contributed by atoms with Gasteiger partial charge in [0.2, 0.25) is 0 Å². The van der Waals surface area contributed by atoms with E-state index < -0.39 is 48.7 Å². The Morgan fingerprint density at radius 3 is 1.65 bits per heavy atom. The van der Waals surface area contributed by atoms with Gasteiger partial charge < -0.3 is 4.74 Å². The standard InChI is InChI=1S/C7H4F11NO/c8-3(20-2-5(11,12)4(9)10)1-19(6(13,14)15)7(16,17)18/h1,4H,2H2/b3-1+. The van der Waals surface area contributed by atoms with Crippen LogP contribution in [0.3, 0.4) is 0 Å². The van der Waals surface area contributed by atoms with Crippen molar-refractivity contribution in [3.63, 3.8) is 0 Å². The van der Waals surface area contributed by atoms with Gasteiger partial charge in [-0.1, -0.05) is 0 Å². The fourth-order valence-corrected chi connectivity index (χ4v) is 0.657. The highest BCUT2D eigenvalue weighted by Gasteiger charge is 2.52. The summed E-state index contributed by atoms with van der Waals surface area (Å²) in [5.41, 5.74) is 0. The summed E-state index contributed by atoms with van der Waals surface area (Å²) in [6, 6.07) is -2.76. The predicted octanol–water partition coefficient (Wildman–Crippen LogP) is 4.01. The largest absolute Gasteiger partial charge is 0.491 e. The Labute approximate surface area is 103 Å². The van der Waals surface area contributed by atoms with Crippen LogP contribution < -0.4 is 0 Å². The molecule has 0 fully saturated rings. The van der Waals surface area contributed by atoms with Crippen LogP contribution in [0.5, 0.6) is 0 Å². The number of alkyl halides is 10. The molecule has 2 nitrogen and oxygen atoms in total. The number of hydrogen-bond donors (Lipinski definition) is 0. The Bertz CT molecular complexity index is 330. The smallest absolute Gasteiger partial charge is 0.463 e. The Hall–Kier alpha value is -1.43. The number of hydrogen-bond acceptors (Lipinski definition) is 2. The van der Waals surface area contributed by atoms with E-state index in [4.69, 9.17) is 0 Å². The zero-order valence-electron chi connectivity index (χ0n) is 8.87. The molecule has 0 saturated carbocycles. The lowest BCUT2D eigenvalue weighted by atomic mass is 10.4. The highest BCUT2D eigenvalue weighted by molar-refractivity contribution is 4.87. The maximum atomic E-state index is 12.5. The second-order valence-electron chi connectivity index (χ2n) is 3.09. The summed E-state index contributed by atoms with van der Waals surface area (Å²) >= 11 is 0. The van der Waals surface area contributed by atoms with Crippen LogP contribution in [-0.2, 0) is 4.74 Å². The third-order valence-corrected chi connectivity index (χ3v) is 1.50. The topological polar surface area (TPSA) is 12.5 Å². The Kier molecular flexibility index (Phi) is 5.49. The van der Waals surface area contributed by atoms with Crippen molar-refractivity contribution in [3.8, 4) is 0 Å². The summed E-state index contributed by atoms with van der Waals surface area (Å²) in [5.74, 6) is -4.94. The minimum atomic E-state index is -6.12. The summed E-state index contributed by atoms with van der Waals surface area (Å²) in [4.78, 5) is -2.43. The zero-order valence-corrected chi connectivity index (χ0v) is 8.87. The first kappa shape index (κ1) is 18.6. The van der Waals surface area contributed by atoms with E-state index in [9.17, 15) is 48.3 Å². The van der Waals surface area contributed by atoms with Gasteiger partial charge in [0, 0.05) is 0 Å². The Morgan fingerprint density at radius 2 is 1.35 bits per heavy atom. The van der Waals surface area contributed by atoms with Gasteiger partial charge in [-0.05, 0) is 0 Å². The van der Waals surface area contributed by atoms with Crippen molar-refractivity contribution >= 4 is 0 Å². The molecule has 0 aromatic heterocycles. The monoisotopic (exact) mass is 327 g/mol. The van der Waals surface area contributed by atoms with Crippen LogP contribution in [0.1, 0.15) is 0 Å². The summed E-state index contributed by atoms with van der Waals surface area (Å²) in [6.45, 7) is -2.43. The van der Waals surface area contributed by atoms with Crippen LogP contribution in [-0.4, -0.2) is 36.5 Å². The molecule has 0 aliphatic heterocycles. The van der Waals surface area contributed by atoms with Gasteiger partial charge in [-0.25, -0.2) is 8.78 Å². The molecule has 0 N–H and O–H groups in total. The van der Waals surface area contributed by atoms with Gasteiger partial charge >= 0.3 is 24.9 Å². The molecule has 0 rings (SSSR count). The Balaban J connectivity index is 4.94. The van der Waals surface area contributed by atoms with Crippen molar-refractivity contribution in [1.82, 2.24) is 4.90 Å². The first-order valence-electron chi connectivity index (χ1n) is 4.27.